The molecule has 0 saturated heterocycles. The number of nitrogens with zero attached hydrogens (tertiary/aromatic N) is 2. The van der Waals surface area contributed by atoms with Gasteiger partial charge < -0.3 is 0 Å². The van der Waals surface area contributed by atoms with E-state index < -0.39 is 0 Å². The quantitative estimate of drug-likeness (QED) is 0.790. The molecule has 18 heavy (non-hydrogen) atoms. The summed E-state index contributed by atoms with van der Waals surface area (Å²) in [5.74, 6) is 0. The molecule has 0 aliphatic heterocycles. The Morgan fingerprint density at radius 2 is 1.94 bits per heavy atom. The van der Waals surface area contributed by atoms with Gasteiger partial charge in [-0.1, -0.05) is 0 Å². The summed E-state index contributed by atoms with van der Waals surface area (Å²) in [5.41, 5.74) is 1.50. The van der Waals surface area contributed by atoms with E-state index in [0.717, 1.165) is 13.0 Å². The zero-order valence-corrected chi connectivity index (χ0v) is 13.4. The third-order valence-electron chi connectivity index (χ3n) is 3.42. The van der Waals surface area contributed by atoms with Crippen LogP contribution in [0.3, 0.4) is 0 Å². The molecule has 0 aliphatic rings. The second kappa shape index (κ2) is 6.01. The molecule has 2 aromatic heterocycles. The fraction of sp³-hybridized carbons (Fsp3) is 0.533. The number of hydrogen-bond donors (Lipinski definition) is 0. The van der Waals surface area contributed by atoms with Gasteiger partial charge >= 0.3 is 116 Å². The van der Waals surface area contributed by atoms with Gasteiger partial charge in [0, 0.05) is 0 Å². The molecule has 0 amide bonds. The van der Waals surface area contributed by atoms with E-state index >= 15 is 0 Å². The van der Waals surface area contributed by atoms with E-state index in [1.807, 2.05) is 12.4 Å². The number of rotatable bonds is 5. The Morgan fingerprint density at radius 3 is 2.61 bits per heavy atom. The van der Waals surface area contributed by atoms with Crippen LogP contribution in [0.5, 0.6) is 0 Å². The Morgan fingerprint density at radius 1 is 1.22 bits per heavy atom. The maximum atomic E-state index is 4.26. The predicted molar refractivity (Wildman–Crippen MR) is 79.4 cm³/mol. The molecule has 0 saturated carbocycles. The monoisotopic (exact) mass is 310 g/mol. The van der Waals surface area contributed by atoms with Crippen LogP contribution in [-0.2, 0) is 6.42 Å². The van der Waals surface area contributed by atoms with Crippen molar-refractivity contribution < 1.29 is 0 Å². The molecule has 0 N–H and O–H groups in total. The van der Waals surface area contributed by atoms with Gasteiger partial charge in [0.05, 0.1) is 0 Å². The van der Waals surface area contributed by atoms with Crippen LogP contribution in [0.1, 0.15) is 33.3 Å². The van der Waals surface area contributed by atoms with Gasteiger partial charge in [-0.2, -0.15) is 0 Å². The summed E-state index contributed by atoms with van der Waals surface area (Å²) in [6, 6.07) is 3.40. The summed E-state index contributed by atoms with van der Waals surface area (Å²) < 4.78 is 1.49. The molecule has 0 aromatic carbocycles. The Balaban J connectivity index is 2.10. The van der Waals surface area contributed by atoms with E-state index in [4.69, 9.17) is 0 Å². The molecule has 0 bridgehead atoms. The fourth-order valence-electron chi connectivity index (χ4n) is 2.48. The normalized spacial score (nSPS) is 12.2. The number of aromatic nitrogens is 1. The van der Waals surface area contributed by atoms with E-state index in [-0.39, 0.29) is 0 Å². The number of pyridine rings is 1. The van der Waals surface area contributed by atoms with Gasteiger partial charge in [0.2, 0.25) is 0 Å². The van der Waals surface area contributed by atoms with Crippen molar-refractivity contribution in [2.75, 3.05) is 6.54 Å². The Bertz CT molecular complexity index is 494. The van der Waals surface area contributed by atoms with Crippen LogP contribution in [0.15, 0.2) is 23.4 Å². The van der Waals surface area contributed by atoms with E-state index in [1.165, 1.54) is 15.2 Å². The number of hydrogen-bond acceptors (Lipinski definition) is 2. The van der Waals surface area contributed by atoms with E-state index in [9.17, 15) is 0 Å². The molecule has 98 valence electrons. The molecule has 2 heterocycles. The average Bonchev–Trinajstić information content (AvgIpc) is 2.72. The van der Waals surface area contributed by atoms with Crippen LogP contribution < -0.4 is 0 Å². The first kappa shape index (κ1) is 13.8. The van der Waals surface area contributed by atoms with Crippen molar-refractivity contribution in [1.82, 2.24) is 9.88 Å². The van der Waals surface area contributed by atoms with Crippen LogP contribution in [0.4, 0.5) is 0 Å². The van der Waals surface area contributed by atoms with E-state index in [2.05, 4.69) is 48.6 Å². The van der Waals surface area contributed by atoms with Crippen molar-refractivity contribution in [3.05, 3.63) is 29.0 Å². The third kappa shape index (κ3) is 3.03. The first-order valence-electron chi connectivity index (χ1n) is 6.65. The van der Waals surface area contributed by atoms with Crippen molar-refractivity contribution in [3.8, 4) is 0 Å². The third-order valence-corrected chi connectivity index (χ3v) is 5.54. The molecule has 2 rings (SSSR count). The zero-order chi connectivity index (χ0) is 13.1. The molecule has 2 nitrogen and oxygen atoms in total. The van der Waals surface area contributed by atoms with Crippen LogP contribution in [0.2, 0.25) is 0 Å². The zero-order valence-electron chi connectivity index (χ0n) is 11.7. The minimum atomic E-state index is 0.522. The molecular weight excluding hydrogens is 287 g/mol. The molecule has 0 fully saturated rings. The van der Waals surface area contributed by atoms with Crippen LogP contribution in [0, 0.1) is 0 Å². The van der Waals surface area contributed by atoms with Gasteiger partial charge in [-0.3, -0.25) is 0 Å². The van der Waals surface area contributed by atoms with Crippen LogP contribution >= 0.6 is 0 Å². The van der Waals surface area contributed by atoms with Crippen molar-refractivity contribution in [2.45, 2.75) is 46.2 Å². The van der Waals surface area contributed by atoms with E-state index in [0.29, 0.717) is 26.6 Å². The summed E-state index contributed by atoms with van der Waals surface area (Å²) >= 11 is 0.522. The van der Waals surface area contributed by atoms with Crippen molar-refractivity contribution in [2.24, 2.45) is 0 Å². The Hall–Kier alpha value is -0.631. The molecule has 0 atom stereocenters. The topological polar surface area (TPSA) is 16.1 Å². The molecule has 2 aromatic rings. The predicted octanol–water partition coefficient (Wildman–Crippen LogP) is 2.95. The fourth-order valence-corrected chi connectivity index (χ4v) is 4.50. The van der Waals surface area contributed by atoms with Gasteiger partial charge in [0.15, 0.2) is 0 Å². The second-order valence-electron chi connectivity index (χ2n) is 5.31. The molecule has 0 radical (unpaired) electrons. The van der Waals surface area contributed by atoms with Gasteiger partial charge in [-0.05, 0) is 0 Å². The van der Waals surface area contributed by atoms with Gasteiger partial charge in [-0.15, -0.1) is 0 Å². The second-order valence-corrected chi connectivity index (χ2v) is 7.22. The number of fused-ring (bicyclic) bond motifs is 1. The first-order valence-corrected chi connectivity index (χ1v) is 8.50. The average molecular weight is 309 g/mol. The van der Waals surface area contributed by atoms with Crippen molar-refractivity contribution in [3.63, 3.8) is 0 Å². The van der Waals surface area contributed by atoms with Crippen molar-refractivity contribution >= 4 is 24.1 Å². The summed E-state index contributed by atoms with van der Waals surface area (Å²) in [5, 5.41) is 1.39. The Labute approximate surface area is 116 Å². The standard InChI is InChI=1S/C15H22N2Se/c1-11(2)17(12(3)4)8-6-13-10-18-15-5-7-16-9-14(13)15/h5,7,9-12H,6,8H2,1-4H3. The van der Waals surface area contributed by atoms with Crippen LogP contribution in [-0.4, -0.2) is 43.0 Å². The first-order chi connectivity index (χ1) is 8.59. The van der Waals surface area contributed by atoms with Gasteiger partial charge in [-0.25, -0.2) is 0 Å². The molecule has 0 aliphatic carbocycles. The summed E-state index contributed by atoms with van der Waals surface area (Å²) in [7, 11) is 0. The van der Waals surface area contributed by atoms with Crippen LogP contribution in [0.25, 0.3) is 9.65 Å². The van der Waals surface area contributed by atoms with Gasteiger partial charge in [0.25, 0.3) is 0 Å². The summed E-state index contributed by atoms with van der Waals surface area (Å²) in [6.45, 7) is 10.3. The molecule has 0 spiro atoms. The summed E-state index contributed by atoms with van der Waals surface area (Å²) in [4.78, 5) is 9.25. The van der Waals surface area contributed by atoms with Crippen molar-refractivity contribution in [1.29, 1.82) is 0 Å². The van der Waals surface area contributed by atoms with E-state index in [1.54, 1.807) is 0 Å². The van der Waals surface area contributed by atoms with Gasteiger partial charge in [0.1, 0.15) is 0 Å². The Kier molecular flexibility index (Phi) is 4.60. The molecular formula is C15H22N2Se. The molecule has 0 unspecified atom stereocenters. The minimum absolute atomic E-state index is 0.522. The SMILES string of the molecule is CC(C)N(CCc1c[se]c2ccncc12)C(C)C. The molecule has 3 heteroatoms. The maximum absolute atomic E-state index is 4.26. The summed E-state index contributed by atoms with van der Waals surface area (Å²) in [6.07, 6.45) is 5.09.